The van der Waals surface area contributed by atoms with E-state index >= 15 is 0 Å². The molecule has 8 heteroatoms. The van der Waals surface area contributed by atoms with Gasteiger partial charge in [-0.15, -0.1) is 0 Å². The SMILES string of the molecule is CNS(=O)(=O)c1cccc(C(=O)O[C@@H](C)C(=O)c2ccc(OC)cc2)c1. The Kier molecular flexibility index (Phi) is 6.12. The number of hydrogen-bond donors (Lipinski definition) is 1. The minimum absolute atomic E-state index is 0.0377. The number of ether oxygens (including phenoxy) is 2. The van der Waals surface area contributed by atoms with Crippen molar-refractivity contribution in [3.63, 3.8) is 0 Å². The zero-order valence-corrected chi connectivity index (χ0v) is 15.4. The zero-order valence-electron chi connectivity index (χ0n) is 14.6. The van der Waals surface area contributed by atoms with Crippen LogP contribution < -0.4 is 9.46 Å². The first-order valence-corrected chi connectivity index (χ1v) is 9.19. The fourth-order valence-electron chi connectivity index (χ4n) is 2.18. The second-order valence-corrected chi connectivity index (χ2v) is 7.26. The first-order valence-electron chi connectivity index (χ1n) is 7.71. The third-order valence-electron chi connectivity index (χ3n) is 3.68. The quantitative estimate of drug-likeness (QED) is 0.586. The Hall–Kier alpha value is -2.71. The Morgan fingerprint density at radius 1 is 1.04 bits per heavy atom. The van der Waals surface area contributed by atoms with Gasteiger partial charge in [-0.05, 0) is 56.4 Å². The van der Waals surface area contributed by atoms with E-state index in [1.165, 1.54) is 45.3 Å². The maximum Gasteiger partial charge on any atom is 0.338 e. The normalized spacial score (nSPS) is 12.3. The summed E-state index contributed by atoms with van der Waals surface area (Å²) in [6.07, 6.45) is -1.03. The predicted molar refractivity (Wildman–Crippen MR) is 94.9 cm³/mol. The highest BCUT2D eigenvalue weighted by Crippen LogP contribution is 2.16. The summed E-state index contributed by atoms with van der Waals surface area (Å²) >= 11 is 0. The number of benzene rings is 2. The molecule has 2 aromatic rings. The summed E-state index contributed by atoms with van der Waals surface area (Å²) in [6, 6.07) is 11.8. The Labute approximate surface area is 152 Å². The molecular formula is C18H19NO6S. The van der Waals surface area contributed by atoms with Gasteiger partial charge >= 0.3 is 5.97 Å². The number of sulfonamides is 1. The molecule has 26 heavy (non-hydrogen) atoms. The van der Waals surface area contributed by atoms with Gasteiger partial charge in [0, 0.05) is 5.56 Å². The molecule has 0 saturated heterocycles. The average Bonchev–Trinajstić information content (AvgIpc) is 2.67. The number of carbonyl (C=O) groups excluding carboxylic acids is 2. The lowest BCUT2D eigenvalue weighted by Gasteiger charge is -2.13. The molecule has 0 aliphatic rings. The third-order valence-corrected chi connectivity index (χ3v) is 5.09. The maximum absolute atomic E-state index is 12.4. The third kappa shape index (κ3) is 4.47. The van der Waals surface area contributed by atoms with Gasteiger partial charge in [0.05, 0.1) is 17.6 Å². The monoisotopic (exact) mass is 377 g/mol. The molecule has 0 aromatic heterocycles. The molecule has 0 fully saturated rings. The molecule has 0 saturated carbocycles. The fraction of sp³-hybridized carbons (Fsp3) is 0.222. The van der Waals surface area contributed by atoms with Crippen molar-refractivity contribution in [2.24, 2.45) is 0 Å². The largest absolute Gasteiger partial charge is 0.497 e. The summed E-state index contributed by atoms with van der Waals surface area (Å²) in [5, 5.41) is 0. The van der Waals surface area contributed by atoms with Gasteiger partial charge in [-0.2, -0.15) is 0 Å². The zero-order chi connectivity index (χ0) is 19.3. The molecule has 0 bridgehead atoms. The van der Waals surface area contributed by atoms with Gasteiger partial charge in [0.2, 0.25) is 15.8 Å². The lowest BCUT2D eigenvalue weighted by molar-refractivity contribution is 0.0318. The van der Waals surface area contributed by atoms with Crippen LogP contribution in [0.3, 0.4) is 0 Å². The maximum atomic E-state index is 12.4. The summed E-state index contributed by atoms with van der Waals surface area (Å²) in [7, 11) is -0.894. The lowest BCUT2D eigenvalue weighted by atomic mass is 10.1. The highest BCUT2D eigenvalue weighted by molar-refractivity contribution is 7.89. The molecule has 0 aliphatic heterocycles. The van der Waals surface area contributed by atoms with Gasteiger partial charge in [0.25, 0.3) is 0 Å². The molecule has 2 rings (SSSR count). The number of nitrogens with one attached hydrogen (secondary N) is 1. The van der Waals surface area contributed by atoms with Crippen LogP contribution in [0, 0.1) is 0 Å². The van der Waals surface area contributed by atoms with E-state index in [1.54, 1.807) is 24.3 Å². The van der Waals surface area contributed by atoms with E-state index in [4.69, 9.17) is 9.47 Å². The van der Waals surface area contributed by atoms with Crippen molar-refractivity contribution in [2.75, 3.05) is 14.2 Å². The molecule has 138 valence electrons. The predicted octanol–water partition coefficient (Wildman–Crippen LogP) is 2.03. The van der Waals surface area contributed by atoms with Crippen LogP contribution in [0.1, 0.15) is 27.6 Å². The number of Topliss-reactive ketones (excluding diaryl/α,β-unsaturated/α-hetero) is 1. The molecule has 0 heterocycles. The number of rotatable bonds is 7. The van der Waals surface area contributed by atoms with Gasteiger partial charge in [-0.3, -0.25) is 4.79 Å². The van der Waals surface area contributed by atoms with Crippen LogP contribution in [0.4, 0.5) is 0 Å². The van der Waals surface area contributed by atoms with Crippen LogP contribution in [-0.2, 0) is 14.8 Å². The number of esters is 1. The van der Waals surface area contributed by atoms with Crippen molar-refractivity contribution >= 4 is 21.8 Å². The summed E-state index contributed by atoms with van der Waals surface area (Å²) in [5.41, 5.74) is 0.410. The van der Waals surface area contributed by atoms with E-state index in [9.17, 15) is 18.0 Å². The lowest BCUT2D eigenvalue weighted by Crippen LogP contribution is -2.25. The van der Waals surface area contributed by atoms with Crippen LogP contribution in [0.2, 0.25) is 0 Å². The van der Waals surface area contributed by atoms with Crippen molar-refractivity contribution in [1.29, 1.82) is 0 Å². The van der Waals surface area contributed by atoms with Crippen molar-refractivity contribution in [3.05, 3.63) is 59.7 Å². The molecule has 1 atom stereocenters. The summed E-state index contributed by atoms with van der Waals surface area (Å²) in [4.78, 5) is 24.5. The average molecular weight is 377 g/mol. The molecule has 0 amide bonds. The first kappa shape index (κ1) is 19.6. The van der Waals surface area contributed by atoms with Gasteiger partial charge in [-0.1, -0.05) is 6.07 Å². The first-order chi connectivity index (χ1) is 12.3. The Morgan fingerprint density at radius 2 is 1.69 bits per heavy atom. The highest BCUT2D eigenvalue weighted by atomic mass is 32.2. The van der Waals surface area contributed by atoms with E-state index in [1.807, 2.05) is 0 Å². The van der Waals surface area contributed by atoms with E-state index in [0.29, 0.717) is 11.3 Å². The van der Waals surface area contributed by atoms with Gasteiger partial charge in [0.15, 0.2) is 6.10 Å². The van der Waals surface area contributed by atoms with Crippen molar-refractivity contribution in [1.82, 2.24) is 4.72 Å². The molecule has 1 N–H and O–H groups in total. The summed E-state index contributed by atoms with van der Waals surface area (Å²) < 4.78 is 36.0. The van der Waals surface area contributed by atoms with E-state index < -0.39 is 22.1 Å². The second kappa shape index (κ2) is 8.11. The fourth-order valence-corrected chi connectivity index (χ4v) is 2.96. The number of ketones is 1. The Morgan fingerprint density at radius 3 is 2.27 bits per heavy atom. The molecule has 7 nitrogen and oxygen atoms in total. The van der Waals surface area contributed by atoms with Gasteiger partial charge in [-0.25, -0.2) is 17.9 Å². The Bertz CT molecular complexity index is 906. The van der Waals surface area contributed by atoms with E-state index in [2.05, 4.69) is 4.72 Å². The molecule has 0 unspecified atom stereocenters. The number of methoxy groups -OCH3 is 1. The van der Waals surface area contributed by atoms with Crippen LogP contribution in [0.5, 0.6) is 5.75 Å². The van der Waals surface area contributed by atoms with Crippen LogP contribution in [0.25, 0.3) is 0 Å². The van der Waals surface area contributed by atoms with Gasteiger partial charge in [0.1, 0.15) is 5.75 Å². The van der Waals surface area contributed by atoms with Crippen molar-refractivity contribution < 1.29 is 27.5 Å². The minimum atomic E-state index is -3.69. The standard InChI is InChI=1S/C18H19NO6S/c1-12(17(20)13-7-9-15(24-3)10-8-13)25-18(21)14-5-4-6-16(11-14)26(22,23)19-2/h4-12,19H,1-3H3/t12-/m0/s1. The molecule has 0 aliphatic carbocycles. The molecular weight excluding hydrogens is 358 g/mol. The topological polar surface area (TPSA) is 98.8 Å². The highest BCUT2D eigenvalue weighted by Gasteiger charge is 2.21. The van der Waals surface area contributed by atoms with E-state index in [0.717, 1.165) is 0 Å². The van der Waals surface area contributed by atoms with Crippen LogP contribution >= 0.6 is 0 Å². The molecule has 0 radical (unpaired) electrons. The molecule has 2 aromatic carbocycles. The summed E-state index contributed by atoms with van der Waals surface area (Å²) in [6.45, 7) is 1.46. The number of hydrogen-bond acceptors (Lipinski definition) is 6. The Balaban J connectivity index is 2.13. The van der Waals surface area contributed by atoms with Gasteiger partial charge < -0.3 is 9.47 Å². The second-order valence-electron chi connectivity index (χ2n) is 5.38. The molecule has 0 spiro atoms. The van der Waals surface area contributed by atoms with Crippen LogP contribution in [0.15, 0.2) is 53.4 Å². The minimum Gasteiger partial charge on any atom is -0.497 e. The summed E-state index contributed by atoms with van der Waals surface area (Å²) in [5.74, 6) is -0.554. The van der Waals surface area contributed by atoms with Crippen LogP contribution in [-0.4, -0.2) is 40.4 Å². The van der Waals surface area contributed by atoms with Crippen molar-refractivity contribution in [2.45, 2.75) is 17.9 Å². The smallest absolute Gasteiger partial charge is 0.338 e. The van der Waals surface area contributed by atoms with E-state index in [-0.39, 0.29) is 16.2 Å². The van der Waals surface area contributed by atoms with Crippen molar-refractivity contribution in [3.8, 4) is 5.75 Å². The number of carbonyl (C=O) groups is 2.